The third kappa shape index (κ3) is 2.64. The molecule has 0 aromatic rings. The minimum atomic E-state index is -2.95. The molecule has 0 aromatic carbocycles. The number of aliphatic hydroxyl groups is 4. The molecule has 0 bridgehead atoms. The lowest BCUT2D eigenvalue weighted by Gasteiger charge is -2.40. The Hall–Kier alpha value is -0.730. The van der Waals surface area contributed by atoms with Crippen LogP contribution in [0.3, 0.4) is 0 Å². The number of amides is 1. The molecule has 1 rings (SSSR count). The SMILES string of the molecule is [2H]C([2H])([2H])C(=O)N[C@H]1C(O)O[C@H](CO)[C@@H](O)[C@@H]1O. The third-order valence-electron chi connectivity index (χ3n) is 2.20. The van der Waals surface area contributed by atoms with Crippen molar-refractivity contribution in [3.63, 3.8) is 0 Å². The Kier molecular flexibility index (Phi) is 2.73. The van der Waals surface area contributed by atoms with Crippen LogP contribution in [0.5, 0.6) is 0 Å². The van der Waals surface area contributed by atoms with E-state index in [1.165, 1.54) is 0 Å². The van der Waals surface area contributed by atoms with Crippen LogP contribution in [0, 0.1) is 0 Å². The van der Waals surface area contributed by atoms with E-state index in [2.05, 4.69) is 0 Å². The molecule has 1 fully saturated rings. The monoisotopic (exact) mass is 224 g/mol. The first-order valence-corrected chi connectivity index (χ1v) is 4.30. The molecule has 1 aliphatic rings. The van der Waals surface area contributed by atoms with Crippen LogP contribution in [-0.4, -0.2) is 63.6 Å². The van der Waals surface area contributed by atoms with Crippen molar-refractivity contribution >= 4 is 5.91 Å². The fraction of sp³-hybridized carbons (Fsp3) is 0.875. The Morgan fingerprint density at radius 3 is 2.67 bits per heavy atom. The predicted molar refractivity (Wildman–Crippen MR) is 47.6 cm³/mol. The van der Waals surface area contributed by atoms with Crippen LogP contribution in [-0.2, 0) is 9.53 Å². The van der Waals surface area contributed by atoms with E-state index < -0.39 is 50.0 Å². The maximum atomic E-state index is 11.2. The normalized spacial score (nSPS) is 45.1. The smallest absolute Gasteiger partial charge is 0.217 e. The van der Waals surface area contributed by atoms with Gasteiger partial charge in [0.2, 0.25) is 5.91 Å². The van der Waals surface area contributed by atoms with Crippen molar-refractivity contribution in [2.24, 2.45) is 0 Å². The fourth-order valence-corrected chi connectivity index (χ4v) is 1.40. The molecule has 0 spiro atoms. The molecule has 1 unspecified atom stereocenters. The molecule has 1 heterocycles. The van der Waals surface area contributed by atoms with Gasteiger partial charge in [0.15, 0.2) is 6.29 Å². The summed E-state index contributed by atoms with van der Waals surface area (Å²) in [6.07, 6.45) is -6.15. The van der Waals surface area contributed by atoms with Gasteiger partial charge in [-0.25, -0.2) is 0 Å². The summed E-state index contributed by atoms with van der Waals surface area (Å²) >= 11 is 0. The number of ether oxygens (including phenoxy) is 1. The Morgan fingerprint density at radius 2 is 2.13 bits per heavy atom. The summed E-state index contributed by atoms with van der Waals surface area (Å²) < 4.78 is 25.2. The molecule has 0 saturated carbocycles. The number of nitrogens with one attached hydrogen (secondary N) is 1. The Bertz CT molecular complexity index is 312. The van der Waals surface area contributed by atoms with Crippen LogP contribution in [0.15, 0.2) is 0 Å². The number of hydrogen-bond acceptors (Lipinski definition) is 6. The highest BCUT2D eigenvalue weighted by atomic mass is 16.6. The second kappa shape index (κ2) is 4.86. The second-order valence-corrected chi connectivity index (χ2v) is 3.23. The highest BCUT2D eigenvalue weighted by Crippen LogP contribution is 2.19. The average Bonchev–Trinajstić information content (AvgIpc) is 2.27. The lowest BCUT2D eigenvalue weighted by molar-refractivity contribution is -0.253. The maximum Gasteiger partial charge on any atom is 0.217 e. The molecule has 5 N–H and O–H groups in total. The van der Waals surface area contributed by atoms with Crippen molar-refractivity contribution in [2.45, 2.75) is 37.5 Å². The first kappa shape index (κ1) is 8.43. The number of carbonyl (C=O) groups excluding carboxylic acids is 1. The summed E-state index contributed by atoms with van der Waals surface area (Å²) in [6, 6.07) is -1.49. The largest absolute Gasteiger partial charge is 0.394 e. The van der Waals surface area contributed by atoms with E-state index in [1.54, 1.807) is 0 Å². The molecule has 0 aliphatic carbocycles. The molecule has 1 aliphatic heterocycles. The van der Waals surface area contributed by atoms with Gasteiger partial charge in [-0.15, -0.1) is 0 Å². The average molecular weight is 224 g/mol. The highest BCUT2D eigenvalue weighted by molar-refractivity contribution is 5.73. The molecule has 7 heteroatoms. The van der Waals surface area contributed by atoms with Gasteiger partial charge in [0.05, 0.1) is 6.61 Å². The highest BCUT2D eigenvalue weighted by Gasteiger charge is 2.43. The van der Waals surface area contributed by atoms with Gasteiger partial charge >= 0.3 is 0 Å². The van der Waals surface area contributed by atoms with Gasteiger partial charge in [0.25, 0.3) is 0 Å². The van der Waals surface area contributed by atoms with Gasteiger partial charge in [0, 0.05) is 11.0 Å². The number of rotatable bonds is 2. The summed E-state index contributed by atoms with van der Waals surface area (Å²) in [4.78, 5) is 11.2. The first-order valence-electron chi connectivity index (χ1n) is 5.80. The van der Waals surface area contributed by atoms with E-state index >= 15 is 0 Å². The van der Waals surface area contributed by atoms with Crippen molar-refractivity contribution in [3.05, 3.63) is 0 Å². The number of aliphatic hydroxyl groups excluding tert-OH is 4. The fourth-order valence-electron chi connectivity index (χ4n) is 1.40. The van der Waals surface area contributed by atoms with E-state index in [1.807, 2.05) is 5.32 Å². The summed E-state index contributed by atoms with van der Waals surface area (Å²) in [5.74, 6) is -1.39. The van der Waals surface area contributed by atoms with Gasteiger partial charge in [0.1, 0.15) is 24.4 Å². The number of hydrogen-bond donors (Lipinski definition) is 5. The number of carbonyl (C=O) groups is 1. The van der Waals surface area contributed by atoms with E-state index in [0.29, 0.717) is 0 Å². The zero-order chi connectivity index (χ0) is 14.1. The van der Waals surface area contributed by atoms with Crippen LogP contribution in [0.4, 0.5) is 0 Å². The lowest BCUT2D eigenvalue weighted by atomic mass is 9.97. The maximum absolute atomic E-state index is 11.2. The van der Waals surface area contributed by atoms with Crippen LogP contribution in [0.1, 0.15) is 11.0 Å². The minimum Gasteiger partial charge on any atom is -0.394 e. The summed E-state index contributed by atoms with van der Waals surface area (Å²) in [5.41, 5.74) is 0. The van der Waals surface area contributed by atoms with Crippen molar-refractivity contribution < 1.29 is 34.1 Å². The Labute approximate surface area is 90.5 Å². The van der Waals surface area contributed by atoms with Gasteiger partial charge in [-0.1, -0.05) is 0 Å². The van der Waals surface area contributed by atoms with E-state index in [4.69, 9.17) is 14.0 Å². The quantitative estimate of drug-likeness (QED) is 0.339. The molecule has 7 nitrogen and oxygen atoms in total. The standard InChI is InChI=1S/C8H15NO6/c1-3(11)9-5-7(13)6(12)4(2-10)15-8(5)14/h4-8,10,12-14H,2H2,1H3,(H,9,11)/t4-,5-,6-,7-,8?/m1/s1/i1D3. The molecule has 15 heavy (non-hydrogen) atoms. The van der Waals surface area contributed by atoms with E-state index in [0.717, 1.165) is 0 Å². The van der Waals surface area contributed by atoms with Gasteiger partial charge < -0.3 is 30.5 Å². The molecule has 5 atom stereocenters. The second-order valence-electron chi connectivity index (χ2n) is 3.23. The van der Waals surface area contributed by atoms with Crippen molar-refractivity contribution in [2.75, 3.05) is 6.61 Å². The predicted octanol–water partition coefficient (Wildman–Crippen LogP) is -3.08. The zero-order valence-electron chi connectivity index (χ0n) is 10.7. The zero-order valence-corrected chi connectivity index (χ0v) is 7.70. The molecule has 0 radical (unpaired) electrons. The Morgan fingerprint density at radius 1 is 1.47 bits per heavy atom. The Balaban J connectivity index is 2.74. The van der Waals surface area contributed by atoms with Gasteiger partial charge in [-0.05, 0) is 0 Å². The molecular weight excluding hydrogens is 206 g/mol. The van der Waals surface area contributed by atoms with Crippen molar-refractivity contribution in [1.29, 1.82) is 0 Å². The van der Waals surface area contributed by atoms with Crippen molar-refractivity contribution in [1.82, 2.24) is 5.32 Å². The van der Waals surface area contributed by atoms with Gasteiger partial charge in [-0.3, -0.25) is 4.79 Å². The molecular formula is C8H15NO6. The third-order valence-corrected chi connectivity index (χ3v) is 2.20. The van der Waals surface area contributed by atoms with Crippen molar-refractivity contribution in [3.8, 4) is 0 Å². The summed E-state index contributed by atoms with van der Waals surface area (Å²) in [6.45, 7) is -3.59. The molecule has 0 aromatic heterocycles. The van der Waals surface area contributed by atoms with E-state index in [9.17, 15) is 20.1 Å². The van der Waals surface area contributed by atoms with Crippen LogP contribution < -0.4 is 5.32 Å². The first-order chi connectivity index (χ1) is 8.18. The molecule has 88 valence electrons. The minimum absolute atomic E-state index is 0.644. The molecule has 1 saturated heterocycles. The summed E-state index contributed by atoms with van der Waals surface area (Å²) in [5, 5.41) is 39.3. The van der Waals surface area contributed by atoms with Gasteiger partial charge in [-0.2, -0.15) is 0 Å². The van der Waals surface area contributed by atoms with Crippen LogP contribution in [0.2, 0.25) is 0 Å². The van der Waals surface area contributed by atoms with E-state index in [-0.39, 0.29) is 0 Å². The lowest BCUT2D eigenvalue weighted by Crippen LogP contribution is -2.63. The summed E-state index contributed by atoms with van der Waals surface area (Å²) in [7, 11) is 0. The van der Waals surface area contributed by atoms with Crippen LogP contribution >= 0.6 is 0 Å². The van der Waals surface area contributed by atoms with Crippen LogP contribution in [0.25, 0.3) is 0 Å². The molecule has 1 amide bonds. The topological polar surface area (TPSA) is 119 Å².